The summed E-state index contributed by atoms with van der Waals surface area (Å²) in [6.45, 7) is 0. The van der Waals surface area contributed by atoms with Crippen LogP contribution in [-0.4, -0.2) is 12.1 Å². The van der Waals surface area contributed by atoms with E-state index in [1.165, 1.54) is 30.4 Å². The number of alkyl halides is 3. The molecule has 1 aliphatic rings. The Bertz CT molecular complexity index is 542. The molecular weight excluding hydrogens is 257 g/mol. The SMILES string of the molecule is O=C1C=CCC/C1=C\c1ccccc1OC(F)(F)F. The summed E-state index contributed by atoms with van der Waals surface area (Å²) in [6.07, 6.45) is 1.12. The van der Waals surface area contributed by atoms with Gasteiger partial charge in [-0.2, -0.15) is 0 Å². The van der Waals surface area contributed by atoms with E-state index in [0.29, 0.717) is 18.4 Å². The number of allylic oxidation sites excluding steroid dienone is 3. The Morgan fingerprint density at radius 2 is 1.95 bits per heavy atom. The fraction of sp³-hybridized carbons (Fsp3) is 0.214. The monoisotopic (exact) mass is 268 g/mol. The van der Waals surface area contributed by atoms with E-state index >= 15 is 0 Å². The van der Waals surface area contributed by atoms with Gasteiger partial charge < -0.3 is 4.74 Å². The van der Waals surface area contributed by atoms with Gasteiger partial charge in [0.15, 0.2) is 5.78 Å². The van der Waals surface area contributed by atoms with E-state index in [9.17, 15) is 18.0 Å². The van der Waals surface area contributed by atoms with Crippen LogP contribution in [0.15, 0.2) is 42.0 Å². The largest absolute Gasteiger partial charge is 0.573 e. The Kier molecular flexibility index (Phi) is 3.74. The van der Waals surface area contributed by atoms with Crippen LogP contribution >= 0.6 is 0 Å². The number of hydrogen-bond acceptors (Lipinski definition) is 2. The van der Waals surface area contributed by atoms with E-state index in [0.717, 1.165) is 0 Å². The van der Waals surface area contributed by atoms with Crippen LogP contribution in [0.3, 0.4) is 0 Å². The van der Waals surface area contributed by atoms with Crippen LogP contribution in [0.25, 0.3) is 6.08 Å². The molecule has 0 aliphatic heterocycles. The van der Waals surface area contributed by atoms with Crippen molar-refractivity contribution < 1.29 is 22.7 Å². The number of carbonyl (C=O) groups excluding carboxylic acids is 1. The lowest BCUT2D eigenvalue weighted by Crippen LogP contribution is -2.17. The fourth-order valence-corrected chi connectivity index (χ4v) is 1.81. The first-order valence-electron chi connectivity index (χ1n) is 5.72. The third kappa shape index (κ3) is 3.71. The van der Waals surface area contributed by atoms with Crippen LogP contribution in [0.2, 0.25) is 0 Å². The molecule has 0 fully saturated rings. The second-order valence-corrected chi connectivity index (χ2v) is 4.06. The number of halogens is 3. The Hall–Kier alpha value is -2.04. The molecule has 19 heavy (non-hydrogen) atoms. The summed E-state index contributed by atoms with van der Waals surface area (Å²) in [7, 11) is 0. The van der Waals surface area contributed by atoms with Crippen molar-refractivity contribution >= 4 is 11.9 Å². The number of carbonyl (C=O) groups is 1. The first-order valence-corrected chi connectivity index (χ1v) is 5.72. The minimum Gasteiger partial charge on any atom is -0.405 e. The molecule has 0 radical (unpaired) electrons. The molecule has 5 heteroatoms. The van der Waals surface area contributed by atoms with Crippen molar-refractivity contribution in [3.8, 4) is 5.75 Å². The summed E-state index contributed by atoms with van der Waals surface area (Å²) in [5.74, 6) is -0.474. The first kappa shape index (κ1) is 13.4. The molecule has 0 atom stereocenters. The van der Waals surface area contributed by atoms with Crippen LogP contribution in [-0.2, 0) is 4.79 Å². The van der Waals surface area contributed by atoms with Gasteiger partial charge in [0.1, 0.15) is 5.75 Å². The molecule has 0 saturated carbocycles. The molecule has 2 nitrogen and oxygen atoms in total. The molecule has 0 saturated heterocycles. The minimum absolute atomic E-state index is 0.173. The molecule has 100 valence electrons. The highest BCUT2D eigenvalue weighted by atomic mass is 19.4. The molecule has 1 aromatic carbocycles. The standard InChI is InChI=1S/C14H11F3O2/c15-14(16,17)19-13-8-4-2-6-11(13)9-10-5-1-3-7-12(10)18/h2-4,6-9H,1,5H2/b10-9+. The van der Waals surface area contributed by atoms with E-state index in [-0.39, 0.29) is 17.1 Å². The highest BCUT2D eigenvalue weighted by Crippen LogP contribution is 2.29. The van der Waals surface area contributed by atoms with Crippen LogP contribution in [0.4, 0.5) is 13.2 Å². The lowest BCUT2D eigenvalue weighted by molar-refractivity contribution is -0.274. The summed E-state index contributed by atoms with van der Waals surface area (Å²) in [4.78, 5) is 11.6. The van der Waals surface area contributed by atoms with Gasteiger partial charge in [-0.05, 0) is 31.1 Å². The molecule has 1 aromatic rings. The second kappa shape index (κ2) is 5.30. The maximum absolute atomic E-state index is 12.3. The lowest BCUT2D eigenvalue weighted by Gasteiger charge is -2.12. The van der Waals surface area contributed by atoms with Crippen molar-refractivity contribution in [1.29, 1.82) is 0 Å². The smallest absolute Gasteiger partial charge is 0.405 e. The van der Waals surface area contributed by atoms with Crippen molar-refractivity contribution in [2.45, 2.75) is 19.2 Å². The molecule has 0 bridgehead atoms. The third-order valence-electron chi connectivity index (χ3n) is 2.64. The first-order chi connectivity index (χ1) is 8.96. The van der Waals surface area contributed by atoms with E-state index in [4.69, 9.17) is 0 Å². The summed E-state index contributed by atoms with van der Waals surface area (Å²) in [5, 5.41) is 0. The molecule has 0 N–H and O–H groups in total. The predicted octanol–water partition coefficient (Wildman–Crippen LogP) is 3.89. The van der Waals surface area contributed by atoms with E-state index in [1.54, 1.807) is 12.1 Å². The second-order valence-electron chi connectivity index (χ2n) is 4.06. The molecule has 0 unspecified atom stereocenters. The fourth-order valence-electron chi connectivity index (χ4n) is 1.81. The quantitative estimate of drug-likeness (QED) is 0.761. The number of ether oxygens (including phenoxy) is 1. The maximum atomic E-state index is 12.3. The zero-order chi connectivity index (χ0) is 13.9. The van der Waals surface area contributed by atoms with Gasteiger partial charge in [0.2, 0.25) is 0 Å². The molecule has 0 heterocycles. The third-order valence-corrected chi connectivity index (χ3v) is 2.64. The van der Waals surface area contributed by atoms with Gasteiger partial charge in [-0.25, -0.2) is 0 Å². The topological polar surface area (TPSA) is 26.3 Å². The number of hydrogen-bond donors (Lipinski definition) is 0. The highest BCUT2D eigenvalue weighted by Gasteiger charge is 2.31. The molecule has 0 aromatic heterocycles. The van der Waals surface area contributed by atoms with Crippen LogP contribution in [0.5, 0.6) is 5.75 Å². The lowest BCUT2D eigenvalue weighted by atomic mass is 9.97. The summed E-state index contributed by atoms with van der Waals surface area (Å²) in [5.41, 5.74) is 0.735. The van der Waals surface area contributed by atoms with Crippen LogP contribution in [0.1, 0.15) is 18.4 Å². The predicted molar refractivity (Wildman–Crippen MR) is 64.5 cm³/mol. The molecule has 0 spiro atoms. The van der Waals surface area contributed by atoms with Gasteiger partial charge in [-0.3, -0.25) is 4.79 Å². The Morgan fingerprint density at radius 1 is 1.21 bits per heavy atom. The van der Waals surface area contributed by atoms with Crippen molar-refractivity contribution in [1.82, 2.24) is 0 Å². The average Bonchev–Trinajstić information content (AvgIpc) is 2.33. The van der Waals surface area contributed by atoms with Gasteiger partial charge in [0, 0.05) is 11.1 Å². The molecule has 2 rings (SSSR count). The molecule has 1 aliphatic carbocycles. The van der Waals surface area contributed by atoms with E-state index in [1.807, 2.05) is 0 Å². The Balaban J connectivity index is 2.32. The molecule has 0 amide bonds. The van der Waals surface area contributed by atoms with E-state index < -0.39 is 6.36 Å². The number of rotatable bonds is 2. The Labute approximate surface area is 108 Å². The van der Waals surface area contributed by atoms with Crippen molar-refractivity contribution in [3.63, 3.8) is 0 Å². The van der Waals surface area contributed by atoms with Gasteiger partial charge in [-0.1, -0.05) is 24.3 Å². The average molecular weight is 268 g/mol. The highest BCUT2D eigenvalue weighted by molar-refractivity contribution is 6.07. The number of para-hydroxylation sites is 1. The van der Waals surface area contributed by atoms with Gasteiger partial charge in [-0.15, -0.1) is 13.2 Å². The maximum Gasteiger partial charge on any atom is 0.573 e. The normalized spacial score (nSPS) is 17.8. The summed E-state index contributed by atoms with van der Waals surface area (Å²) >= 11 is 0. The summed E-state index contributed by atoms with van der Waals surface area (Å²) in [6, 6.07) is 5.76. The van der Waals surface area contributed by atoms with Crippen molar-refractivity contribution in [2.24, 2.45) is 0 Å². The minimum atomic E-state index is -4.74. The van der Waals surface area contributed by atoms with Crippen LogP contribution in [0, 0.1) is 0 Å². The van der Waals surface area contributed by atoms with Gasteiger partial charge >= 0.3 is 6.36 Å². The van der Waals surface area contributed by atoms with Crippen molar-refractivity contribution in [3.05, 3.63) is 47.6 Å². The number of ketones is 1. The van der Waals surface area contributed by atoms with E-state index in [2.05, 4.69) is 4.74 Å². The number of benzene rings is 1. The van der Waals surface area contributed by atoms with Crippen LogP contribution < -0.4 is 4.74 Å². The van der Waals surface area contributed by atoms with Gasteiger partial charge in [0.05, 0.1) is 0 Å². The zero-order valence-corrected chi connectivity index (χ0v) is 9.91. The zero-order valence-electron chi connectivity index (χ0n) is 9.91. The van der Waals surface area contributed by atoms with Crippen molar-refractivity contribution in [2.75, 3.05) is 0 Å². The van der Waals surface area contributed by atoms with Gasteiger partial charge in [0.25, 0.3) is 0 Å². The molecular formula is C14H11F3O2. The Morgan fingerprint density at radius 3 is 2.63 bits per heavy atom. The summed E-state index contributed by atoms with van der Waals surface area (Å²) < 4.78 is 40.7.